The highest BCUT2D eigenvalue weighted by atomic mass is 19.4. The molecule has 2 aromatic carbocycles. The quantitative estimate of drug-likeness (QED) is 0.400. The number of hydrogen-bond acceptors (Lipinski definition) is 3. The fraction of sp³-hybridized carbons (Fsp3) is 0.182. The maximum absolute atomic E-state index is 12.6. The van der Waals surface area contributed by atoms with Crippen LogP contribution in [0.25, 0.3) is 0 Å². The van der Waals surface area contributed by atoms with Gasteiger partial charge in [0, 0.05) is 25.8 Å². The van der Waals surface area contributed by atoms with E-state index in [9.17, 15) is 18.0 Å². The van der Waals surface area contributed by atoms with Gasteiger partial charge in [0.1, 0.15) is 0 Å². The number of aliphatic imine (C=N–C) groups is 1. The second-order valence-corrected chi connectivity index (χ2v) is 6.61. The molecule has 1 heterocycles. The zero-order chi connectivity index (χ0) is 22.3. The summed E-state index contributed by atoms with van der Waals surface area (Å²) in [6.07, 6.45) is -2.92. The van der Waals surface area contributed by atoms with E-state index in [1.807, 2.05) is 18.2 Å². The first kappa shape index (κ1) is 21.9. The minimum absolute atomic E-state index is 0.219. The maximum atomic E-state index is 12.6. The van der Waals surface area contributed by atoms with Gasteiger partial charge in [-0.1, -0.05) is 24.3 Å². The average Bonchev–Trinajstić information content (AvgIpc) is 3.29. The summed E-state index contributed by atoms with van der Waals surface area (Å²) in [4.78, 5) is 16.2. The molecule has 0 saturated heterocycles. The summed E-state index contributed by atoms with van der Waals surface area (Å²) >= 11 is 0. The smallest absolute Gasteiger partial charge is 0.416 e. The number of nitrogens with one attached hydrogen (secondary N) is 3. The van der Waals surface area contributed by atoms with Crippen molar-refractivity contribution in [1.82, 2.24) is 10.6 Å². The van der Waals surface area contributed by atoms with Crippen LogP contribution < -0.4 is 16.0 Å². The Morgan fingerprint density at radius 1 is 0.968 bits per heavy atom. The fourth-order valence-electron chi connectivity index (χ4n) is 2.76. The molecule has 1 amide bonds. The molecule has 3 rings (SSSR count). The lowest BCUT2D eigenvalue weighted by molar-refractivity contribution is -0.137. The lowest BCUT2D eigenvalue weighted by Crippen LogP contribution is -2.36. The molecule has 9 heteroatoms. The second-order valence-electron chi connectivity index (χ2n) is 6.61. The van der Waals surface area contributed by atoms with Gasteiger partial charge in [0.15, 0.2) is 11.7 Å². The molecular weight excluding hydrogens is 409 g/mol. The van der Waals surface area contributed by atoms with E-state index in [1.165, 1.54) is 18.4 Å². The molecule has 31 heavy (non-hydrogen) atoms. The van der Waals surface area contributed by atoms with Gasteiger partial charge in [-0.05, 0) is 47.5 Å². The zero-order valence-corrected chi connectivity index (χ0v) is 16.7. The molecule has 3 aromatic rings. The number of amides is 1. The Balaban J connectivity index is 1.52. The number of benzene rings is 2. The molecule has 0 spiro atoms. The molecule has 0 unspecified atom stereocenters. The van der Waals surface area contributed by atoms with Crippen LogP contribution in [0.2, 0.25) is 0 Å². The van der Waals surface area contributed by atoms with Gasteiger partial charge in [0.2, 0.25) is 0 Å². The van der Waals surface area contributed by atoms with Crippen molar-refractivity contribution in [3.8, 4) is 0 Å². The Bertz CT molecular complexity index is 1030. The molecule has 0 aliphatic carbocycles. The minimum atomic E-state index is -4.35. The standard InChI is InChI=1S/C22H21F3N4O2/c1-26-21(27-13-15-7-9-17(10-8-15)22(23,24)25)28-14-16-4-2-5-18(12-16)29-20(30)19-6-3-11-31-19/h2-12H,13-14H2,1H3,(H,29,30)(H2,26,27,28). The molecule has 0 fully saturated rings. The normalized spacial score (nSPS) is 11.8. The van der Waals surface area contributed by atoms with E-state index in [0.717, 1.165) is 17.7 Å². The Hall–Kier alpha value is -3.75. The van der Waals surface area contributed by atoms with Crippen LogP contribution in [0.15, 0.2) is 76.3 Å². The van der Waals surface area contributed by atoms with E-state index in [1.54, 1.807) is 25.2 Å². The molecule has 162 valence electrons. The number of guanidine groups is 1. The lowest BCUT2D eigenvalue weighted by atomic mass is 10.1. The third kappa shape index (κ3) is 6.36. The van der Waals surface area contributed by atoms with Crippen LogP contribution in [0.4, 0.5) is 18.9 Å². The Morgan fingerprint density at radius 2 is 1.68 bits per heavy atom. The number of furan rings is 1. The van der Waals surface area contributed by atoms with Crippen molar-refractivity contribution in [3.63, 3.8) is 0 Å². The molecule has 0 atom stereocenters. The van der Waals surface area contributed by atoms with Crippen LogP contribution in [-0.2, 0) is 19.3 Å². The zero-order valence-electron chi connectivity index (χ0n) is 16.7. The second kappa shape index (κ2) is 9.84. The monoisotopic (exact) mass is 430 g/mol. The summed E-state index contributed by atoms with van der Waals surface area (Å²) in [6, 6.07) is 15.4. The first-order valence-electron chi connectivity index (χ1n) is 9.39. The molecule has 1 aromatic heterocycles. The highest BCUT2D eigenvalue weighted by Gasteiger charge is 2.29. The summed E-state index contributed by atoms with van der Waals surface area (Å²) in [6.45, 7) is 0.744. The number of anilines is 1. The van der Waals surface area contributed by atoms with Crippen molar-refractivity contribution in [2.24, 2.45) is 4.99 Å². The summed E-state index contributed by atoms with van der Waals surface area (Å²) in [5, 5.41) is 8.94. The largest absolute Gasteiger partial charge is 0.459 e. The van der Waals surface area contributed by atoms with Crippen LogP contribution in [0, 0.1) is 0 Å². The van der Waals surface area contributed by atoms with E-state index in [0.29, 0.717) is 30.3 Å². The van der Waals surface area contributed by atoms with Gasteiger partial charge >= 0.3 is 6.18 Å². The van der Waals surface area contributed by atoms with Crippen molar-refractivity contribution < 1.29 is 22.4 Å². The van der Waals surface area contributed by atoms with Gasteiger partial charge in [0.05, 0.1) is 11.8 Å². The van der Waals surface area contributed by atoms with Gasteiger partial charge in [-0.25, -0.2) is 0 Å². The van der Waals surface area contributed by atoms with Crippen LogP contribution in [0.1, 0.15) is 27.2 Å². The van der Waals surface area contributed by atoms with Gasteiger partial charge in [-0.2, -0.15) is 13.2 Å². The van der Waals surface area contributed by atoms with Crippen molar-refractivity contribution in [2.45, 2.75) is 19.3 Å². The van der Waals surface area contributed by atoms with Gasteiger partial charge < -0.3 is 20.4 Å². The van der Waals surface area contributed by atoms with Gasteiger partial charge in [0.25, 0.3) is 5.91 Å². The van der Waals surface area contributed by atoms with E-state index >= 15 is 0 Å². The number of alkyl halides is 3. The number of carbonyl (C=O) groups excluding carboxylic acids is 1. The van der Waals surface area contributed by atoms with Gasteiger partial charge in [-0.3, -0.25) is 9.79 Å². The Morgan fingerprint density at radius 3 is 2.29 bits per heavy atom. The SMILES string of the molecule is CN=C(NCc1ccc(C(F)(F)F)cc1)NCc1cccc(NC(=O)c2ccco2)c1. The van der Waals surface area contributed by atoms with Crippen molar-refractivity contribution in [3.05, 3.63) is 89.4 Å². The van der Waals surface area contributed by atoms with Crippen LogP contribution in [-0.4, -0.2) is 18.9 Å². The highest BCUT2D eigenvalue weighted by Crippen LogP contribution is 2.29. The number of rotatable bonds is 6. The predicted molar refractivity (Wildman–Crippen MR) is 112 cm³/mol. The molecule has 0 aliphatic rings. The summed E-state index contributed by atoms with van der Waals surface area (Å²) < 4.78 is 43.0. The maximum Gasteiger partial charge on any atom is 0.416 e. The van der Waals surface area contributed by atoms with Crippen molar-refractivity contribution in [2.75, 3.05) is 12.4 Å². The van der Waals surface area contributed by atoms with Crippen molar-refractivity contribution in [1.29, 1.82) is 0 Å². The van der Waals surface area contributed by atoms with Crippen LogP contribution in [0.3, 0.4) is 0 Å². The van der Waals surface area contributed by atoms with Gasteiger partial charge in [-0.15, -0.1) is 0 Å². The summed E-state index contributed by atoms with van der Waals surface area (Å²) in [7, 11) is 1.60. The van der Waals surface area contributed by atoms with Crippen molar-refractivity contribution >= 4 is 17.6 Å². The average molecular weight is 430 g/mol. The first-order valence-corrected chi connectivity index (χ1v) is 9.39. The molecule has 6 nitrogen and oxygen atoms in total. The number of hydrogen-bond donors (Lipinski definition) is 3. The minimum Gasteiger partial charge on any atom is -0.459 e. The highest BCUT2D eigenvalue weighted by molar-refractivity contribution is 6.02. The Labute approximate surface area is 177 Å². The Kier molecular flexibility index (Phi) is 6.96. The number of nitrogens with zero attached hydrogens (tertiary/aromatic N) is 1. The third-order valence-electron chi connectivity index (χ3n) is 4.35. The van der Waals surface area contributed by atoms with E-state index in [2.05, 4.69) is 20.9 Å². The first-order chi connectivity index (χ1) is 14.8. The molecule has 0 bridgehead atoms. The van der Waals surface area contributed by atoms with Crippen LogP contribution in [0.5, 0.6) is 0 Å². The summed E-state index contributed by atoms with van der Waals surface area (Å²) in [5.74, 6) is 0.366. The topological polar surface area (TPSA) is 78.7 Å². The molecular formula is C22H21F3N4O2. The molecule has 0 radical (unpaired) electrons. The predicted octanol–water partition coefficient (Wildman–Crippen LogP) is 4.42. The van der Waals surface area contributed by atoms with E-state index in [-0.39, 0.29) is 11.7 Å². The lowest BCUT2D eigenvalue weighted by Gasteiger charge is -2.13. The molecule has 0 saturated carbocycles. The molecule has 0 aliphatic heterocycles. The summed E-state index contributed by atoms with van der Waals surface area (Å²) in [5.41, 5.74) is 1.53. The molecule has 3 N–H and O–H groups in total. The third-order valence-corrected chi connectivity index (χ3v) is 4.35. The fourth-order valence-corrected chi connectivity index (χ4v) is 2.76. The number of halogens is 3. The number of carbonyl (C=O) groups is 1. The van der Waals surface area contributed by atoms with Crippen LogP contribution >= 0.6 is 0 Å². The van der Waals surface area contributed by atoms with E-state index in [4.69, 9.17) is 4.42 Å². The van der Waals surface area contributed by atoms with E-state index < -0.39 is 11.7 Å².